The molecule has 1 heterocycles. The number of rotatable bonds is 38. The monoisotopic (exact) mass is 1240 g/mol. The lowest BCUT2D eigenvalue weighted by atomic mass is 9.82. The maximum atomic E-state index is 13.8. The number of esters is 5. The van der Waals surface area contributed by atoms with Gasteiger partial charge in [0.25, 0.3) is 0 Å². The quantitative estimate of drug-likeness (QED) is 0.0116. The molecule has 2 aliphatic carbocycles. The Morgan fingerprint density at radius 2 is 0.769 bits per heavy atom. The normalized spacial score (nSPS) is 16.1. The minimum Gasteiger partial charge on any atom is -0.494 e. The summed E-state index contributed by atoms with van der Waals surface area (Å²) in [4.78, 5) is 71.2. The molecule has 0 N–H and O–H groups in total. The molecule has 0 spiro atoms. The minimum atomic E-state index is -0.511. The van der Waals surface area contributed by atoms with Crippen molar-refractivity contribution < 1.29 is 76.1 Å². The first-order chi connectivity index (χ1) is 44.5. The smallest absolute Gasteiger partial charge is 0.330 e. The van der Waals surface area contributed by atoms with Crippen molar-refractivity contribution in [3.63, 3.8) is 0 Å². The van der Waals surface area contributed by atoms with E-state index in [1.807, 2.05) is 97.1 Å². The Morgan fingerprint density at radius 3 is 1.30 bits per heavy atom. The van der Waals surface area contributed by atoms with Crippen molar-refractivity contribution in [3.8, 4) is 62.8 Å². The van der Waals surface area contributed by atoms with Crippen LogP contribution in [-0.4, -0.2) is 106 Å². The van der Waals surface area contributed by atoms with Crippen LogP contribution < -0.4 is 33.2 Å². The molecule has 2 saturated carbocycles. The Labute approximate surface area is 533 Å². The molecule has 18 heteroatoms. The van der Waals surface area contributed by atoms with Crippen LogP contribution in [0.2, 0.25) is 0 Å². The van der Waals surface area contributed by atoms with Crippen molar-refractivity contribution in [2.45, 2.75) is 103 Å². The van der Waals surface area contributed by atoms with Gasteiger partial charge in [0, 0.05) is 35.4 Å². The highest BCUT2D eigenvalue weighted by molar-refractivity contribution is 5.88. The number of unbranched alkanes of at least 4 members (excludes halogenated alkanes) is 6. The zero-order valence-electron chi connectivity index (χ0n) is 51.9. The summed E-state index contributed by atoms with van der Waals surface area (Å²) in [5.74, 6) is 2.63. The number of hydrogen-bond acceptors (Lipinski definition) is 18. The highest BCUT2D eigenvalue weighted by Crippen LogP contribution is 2.37. The van der Waals surface area contributed by atoms with Gasteiger partial charge in [-0.15, -0.1) is 0 Å². The average molecular weight is 1250 g/mol. The van der Waals surface area contributed by atoms with Gasteiger partial charge in [-0.2, -0.15) is 0 Å². The molecular formula is C73H84N2O16. The zero-order valence-corrected chi connectivity index (χ0v) is 51.9. The fourth-order valence-corrected chi connectivity index (χ4v) is 10.7. The summed E-state index contributed by atoms with van der Waals surface area (Å²) in [6.07, 6.45) is 16.7. The van der Waals surface area contributed by atoms with Gasteiger partial charge < -0.3 is 52.1 Å². The predicted octanol–water partition coefficient (Wildman–Crippen LogP) is 14.0. The van der Waals surface area contributed by atoms with E-state index in [1.54, 1.807) is 18.2 Å². The molecular weight excluding hydrogens is 1160 g/mol. The van der Waals surface area contributed by atoms with Crippen LogP contribution in [0.1, 0.15) is 103 Å². The van der Waals surface area contributed by atoms with Crippen molar-refractivity contribution in [2.24, 2.45) is 23.7 Å². The van der Waals surface area contributed by atoms with Crippen LogP contribution in [0, 0.1) is 23.7 Å². The molecule has 0 unspecified atom stereocenters. The molecule has 482 valence electrons. The van der Waals surface area contributed by atoms with E-state index in [0.717, 1.165) is 100 Å². The molecule has 2 aliphatic rings. The van der Waals surface area contributed by atoms with E-state index >= 15 is 0 Å². The topological polar surface area (TPSA) is 213 Å². The maximum Gasteiger partial charge on any atom is 0.330 e. The second-order valence-corrected chi connectivity index (χ2v) is 22.6. The van der Waals surface area contributed by atoms with Gasteiger partial charge in [-0.05, 0) is 199 Å². The molecule has 0 amide bonds. The molecule has 2 fully saturated rings. The second kappa shape index (κ2) is 37.2. The number of carbonyl (C=O) groups is 5. The third kappa shape index (κ3) is 23.1. The lowest BCUT2D eigenvalue weighted by molar-refractivity contribution is -0.141. The lowest BCUT2D eigenvalue weighted by Gasteiger charge is -2.27. The summed E-state index contributed by atoms with van der Waals surface area (Å²) < 4.78 is 63.0. The van der Waals surface area contributed by atoms with Crippen molar-refractivity contribution in [1.82, 2.24) is 9.97 Å². The number of aromatic nitrogens is 2. The summed E-state index contributed by atoms with van der Waals surface area (Å²) >= 11 is 0. The van der Waals surface area contributed by atoms with Gasteiger partial charge in [0.15, 0.2) is 0 Å². The molecule has 0 aliphatic heterocycles. The van der Waals surface area contributed by atoms with E-state index < -0.39 is 17.9 Å². The molecule has 5 aromatic carbocycles. The standard InChI is InChI=1S/C73H84N2O16/c1-4-67(76)85-41-13-9-7-11-39-82-58-29-31-60(32-30-58)88-50-52-21-27-55(28-22-52)73(80)91-64-20-16-18-57(48-64)71-70(74-65-38-37-63(49-66(65)75-71)84-45-43-81-44-46-87-69(78)6-3)56-17-15-19-62(47-56)89-51-53-23-25-54(26-24-53)72(79)90-61-35-33-59(34-36-61)83-40-12-8-10-14-42-86-68(77)5-2/h4-6,15-20,29-38,47-49,52-55H,1-3,7-14,21-28,39-46,50-51H2. The van der Waals surface area contributed by atoms with Gasteiger partial charge in [0.1, 0.15) is 53.5 Å². The number of nitrogens with zero attached hydrogens (tertiary/aromatic N) is 2. The molecule has 1 aromatic heterocycles. The second-order valence-electron chi connectivity index (χ2n) is 22.6. The van der Waals surface area contributed by atoms with Crippen LogP contribution in [0.25, 0.3) is 33.5 Å². The SMILES string of the molecule is C=CC(=O)OCCCCCCOc1ccc(OCC2CCC(C(=O)Oc3cccc(-c4nc5cc(OCCOCCOC(=O)C=C)ccc5nc4-c4cccc(OCC5CCC(C(=O)Oc6ccc(OCCCCCCOC(=O)C=C)cc6)CC5)c4)c3)CC2)cc1. The molecule has 8 rings (SSSR count). The molecule has 0 atom stereocenters. The van der Waals surface area contributed by atoms with E-state index in [9.17, 15) is 24.0 Å². The fraction of sp³-hybridized carbons (Fsp3) is 0.411. The summed E-state index contributed by atoms with van der Waals surface area (Å²) in [6.45, 7) is 14.0. The van der Waals surface area contributed by atoms with Crippen LogP contribution in [0.4, 0.5) is 0 Å². The van der Waals surface area contributed by atoms with Gasteiger partial charge in [-0.25, -0.2) is 24.4 Å². The molecule has 91 heavy (non-hydrogen) atoms. The van der Waals surface area contributed by atoms with Gasteiger partial charge in [0.05, 0.1) is 87.1 Å². The largest absolute Gasteiger partial charge is 0.494 e. The first kappa shape index (κ1) is 67.9. The van der Waals surface area contributed by atoms with Crippen LogP contribution in [0.3, 0.4) is 0 Å². The van der Waals surface area contributed by atoms with Gasteiger partial charge in [0.2, 0.25) is 0 Å². The van der Waals surface area contributed by atoms with Crippen LogP contribution in [-0.2, 0) is 42.9 Å². The molecule has 0 radical (unpaired) electrons. The van der Waals surface area contributed by atoms with Crippen molar-refractivity contribution in [3.05, 3.63) is 153 Å². The number of benzene rings is 5. The Morgan fingerprint density at radius 1 is 0.374 bits per heavy atom. The fourth-order valence-electron chi connectivity index (χ4n) is 10.7. The van der Waals surface area contributed by atoms with Gasteiger partial charge in [-0.1, -0.05) is 44.0 Å². The number of hydrogen-bond donors (Lipinski definition) is 0. The summed E-state index contributed by atoms with van der Waals surface area (Å²) in [6, 6.07) is 35.5. The zero-order chi connectivity index (χ0) is 63.8. The van der Waals surface area contributed by atoms with E-state index in [1.165, 1.54) is 12.2 Å². The minimum absolute atomic E-state index is 0.105. The van der Waals surface area contributed by atoms with Crippen molar-refractivity contribution in [2.75, 3.05) is 66.1 Å². The average Bonchev–Trinajstić information content (AvgIpc) is 0.934. The van der Waals surface area contributed by atoms with Crippen LogP contribution >= 0.6 is 0 Å². The molecule has 6 aromatic rings. The number of ether oxygens (including phenoxy) is 11. The summed E-state index contributed by atoms with van der Waals surface area (Å²) in [5, 5.41) is 0. The Balaban J connectivity index is 0.830. The Bertz CT molecular complexity index is 3310. The van der Waals surface area contributed by atoms with Gasteiger partial charge >= 0.3 is 29.8 Å². The lowest BCUT2D eigenvalue weighted by Crippen LogP contribution is -2.27. The van der Waals surface area contributed by atoms with Crippen LogP contribution in [0.5, 0.6) is 40.2 Å². The summed E-state index contributed by atoms with van der Waals surface area (Å²) in [7, 11) is 0. The van der Waals surface area contributed by atoms with Gasteiger partial charge in [-0.3, -0.25) is 9.59 Å². The highest BCUT2D eigenvalue weighted by Gasteiger charge is 2.30. The van der Waals surface area contributed by atoms with Crippen LogP contribution in [0.15, 0.2) is 153 Å². The van der Waals surface area contributed by atoms with E-state index in [2.05, 4.69) is 19.7 Å². The maximum absolute atomic E-state index is 13.8. The molecule has 0 bridgehead atoms. The van der Waals surface area contributed by atoms with E-state index in [4.69, 9.17) is 62.1 Å². The number of fused-ring (bicyclic) bond motifs is 1. The van der Waals surface area contributed by atoms with E-state index in [0.29, 0.717) is 128 Å². The molecule has 0 saturated heterocycles. The highest BCUT2D eigenvalue weighted by atomic mass is 16.6. The molecule has 18 nitrogen and oxygen atoms in total. The predicted molar refractivity (Wildman–Crippen MR) is 344 cm³/mol. The van der Waals surface area contributed by atoms with Crippen molar-refractivity contribution in [1.29, 1.82) is 0 Å². The third-order valence-corrected chi connectivity index (χ3v) is 15.8. The Kier molecular flexibility index (Phi) is 27.8. The number of carbonyl (C=O) groups excluding carboxylic acids is 5. The van der Waals surface area contributed by atoms with E-state index in [-0.39, 0.29) is 56.1 Å². The first-order valence-electron chi connectivity index (χ1n) is 31.8. The van der Waals surface area contributed by atoms with Crippen molar-refractivity contribution >= 4 is 40.9 Å². The third-order valence-electron chi connectivity index (χ3n) is 15.8. The first-order valence-corrected chi connectivity index (χ1v) is 31.8. The summed E-state index contributed by atoms with van der Waals surface area (Å²) in [5.41, 5.74) is 3.85. The Hall–Kier alpha value is -9.03.